The SMILES string of the molecule is C[N+](C)(C)c1c(F)cccc1F.[SnH4]. The van der Waals surface area contributed by atoms with Crippen molar-refractivity contribution in [2.24, 2.45) is 0 Å². The summed E-state index contributed by atoms with van der Waals surface area (Å²) in [6.45, 7) is 0. The van der Waals surface area contributed by atoms with Crippen molar-refractivity contribution in [3.05, 3.63) is 29.8 Å². The van der Waals surface area contributed by atoms with Gasteiger partial charge in [-0.15, -0.1) is 0 Å². The van der Waals surface area contributed by atoms with E-state index in [1.807, 2.05) is 0 Å². The number of hydrogen-bond donors (Lipinski definition) is 0. The Bertz CT molecular complexity index is 274. The Kier molecular flexibility index (Phi) is 4.32. The molecule has 74 valence electrons. The summed E-state index contributed by atoms with van der Waals surface area (Å²) in [6, 6.07) is 3.90. The molecule has 1 nitrogen and oxygen atoms in total. The zero-order valence-corrected chi connectivity index (χ0v) is 7.44. The molecule has 0 saturated carbocycles. The van der Waals surface area contributed by atoms with Gasteiger partial charge in [0.05, 0.1) is 21.1 Å². The van der Waals surface area contributed by atoms with E-state index < -0.39 is 11.6 Å². The molecule has 13 heavy (non-hydrogen) atoms. The molecule has 0 radical (unpaired) electrons. The molecule has 0 fully saturated rings. The molecule has 0 aliphatic heterocycles. The number of benzene rings is 1. The molecule has 0 saturated heterocycles. The zero-order valence-electron chi connectivity index (χ0n) is 7.44. The first-order chi connectivity index (χ1) is 5.43. The van der Waals surface area contributed by atoms with Gasteiger partial charge in [-0.2, -0.15) is 0 Å². The van der Waals surface area contributed by atoms with Crippen molar-refractivity contribution in [3.8, 4) is 0 Å². The monoisotopic (exact) mass is 296 g/mol. The minimum absolute atomic E-state index is 0. The van der Waals surface area contributed by atoms with Gasteiger partial charge >= 0.3 is 23.9 Å². The molecule has 1 aromatic carbocycles. The fraction of sp³-hybridized carbons (Fsp3) is 0.333. The second-order valence-corrected chi connectivity index (χ2v) is 3.58. The van der Waals surface area contributed by atoms with Crippen LogP contribution in [-0.4, -0.2) is 45.1 Å². The number of rotatable bonds is 1. The molecule has 0 spiro atoms. The van der Waals surface area contributed by atoms with Crippen LogP contribution in [0.1, 0.15) is 0 Å². The third-order valence-corrected chi connectivity index (χ3v) is 1.61. The summed E-state index contributed by atoms with van der Waals surface area (Å²) in [7, 11) is 5.17. The second kappa shape index (κ2) is 4.37. The van der Waals surface area contributed by atoms with E-state index in [9.17, 15) is 8.78 Å². The third kappa shape index (κ3) is 2.91. The van der Waals surface area contributed by atoms with Crippen molar-refractivity contribution in [3.63, 3.8) is 0 Å². The summed E-state index contributed by atoms with van der Waals surface area (Å²) in [5, 5.41) is 0. The zero-order chi connectivity index (χ0) is 9.35. The van der Waals surface area contributed by atoms with Crippen molar-refractivity contribution in [1.29, 1.82) is 0 Å². The van der Waals surface area contributed by atoms with Gasteiger partial charge in [0, 0.05) is 0 Å². The summed E-state index contributed by atoms with van der Waals surface area (Å²) in [5.41, 5.74) is 0.0949. The van der Waals surface area contributed by atoms with E-state index in [2.05, 4.69) is 0 Å². The van der Waals surface area contributed by atoms with Crippen LogP contribution in [0.5, 0.6) is 0 Å². The van der Waals surface area contributed by atoms with E-state index in [1.165, 1.54) is 18.2 Å². The summed E-state index contributed by atoms with van der Waals surface area (Å²) < 4.78 is 26.3. The van der Waals surface area contributed by atoms with Gasteiger partial charge in [0.2, 0.25) is 5.69 Å². The van der Waals surface area contributed by atoms with Gasteiger partial charge in [-0.05, 0) is 12.1 Å². The van der Waals surface area contributed by atoms with Crippen LogP contribution in [0.2, 0.25) is 0 Å². The Balaban J connectivity index is 0.00000144. The van der Waals surface area contributed by atoms with Crippen molar-refractivity contribution in [2.45, 2.75) is 0 Å². The fourth-order valence-corrected chi connectivity index (χ4v) is 1.13. The van der Waals surface area contributed by atoms with Crippen LogP contribution in [0.4, 0.5) is 14.5 Å². The second-order valence-electron chi connectivity index (χ2n) is 3.58. The predicted octanol–water partition coefficient (Wildman–Crippen LogP) is 0.710. The third-order valence-electron chi connectivity index (χ3n) is 1.61. The normalized spacial score (nSPS) is 10.8. The number of nitrogens with zero attached hydrogens (tertiary/aromatic N) is 1. The van der Waals surface area contributed by atoms with Crippen LogP contribution in [-0.2, 0) is 0 Å². The molecule has 0 aliphatic rings. The van der Waals surface area contributed by atoms with Gasteiger partial charge in [0.15, 0.2) is 11.6 Å². The molecule has 0 aliphatic carbocycles. The summed E-state index contributed by atoms with van der Waals surface area (Å²) in [4.78, 5) is 0. The van der Waals surface area contributed by atoms with E-state index in [0.29, 0.717) is 0 Å². The molecule has 1 rings (SSSR count). The van der Waals surface area contributed by atoms with Crippen molar-refractivity contribution in [2.75, 3.05) is 21.1 Å². The summed E-state index contributed by atoms with van der Waals surface area (Å²) in [5.74, 6) is -0.995. The number of para-hydroxylation sites is 1. The number of hydrogen-bond acceptors (Lipinski definition) is 0. The molecule has 4 heteroatoms. The maximum atomic E-state index is 13.1. The van der Waals surface area contributed by atoms with Gasteiger partial charge in [-0.3, -0.25) is 4.48 Å². The number of halogens is 2. The first-order valence-corrected chi connectivity index (χ1v) is 3.69. The van der Waals surface area contributed by atoms with Gasteiger partial charge in [-0.1, -0.05) is 6.07 Å². The van der Waals surface area contributed by atoms with Crippen LogP contribution in [0, 0.1) is 11.6 Å². The maximum absolute atomic E-state index is 13.1. The van der Waals surface area contributed by atoms with E-state index in [1.54, 1.807) is 21.1 Å². The van der Waals surface area contributed by atoms with Gasteiger partial charge in [0.25, 0.3) is 0 Å². The molecular weight excluding hydrogens is 279 g/mol. The van der Waals surface area contributed by atoms with Crippen LogP contribution < -0.4 is 4.48 Å². The molecule has 1 aromatic rings. The van der Waals surface area contributed by atoms with E-state index >= 15 is 0 Å². The molecule has 0 atom stereocenters. The first kappa shape index (κ1) is 12.8. The average Bonchev–Trinajstić information content (AvgIpc) is 1.82. The molecule has 0 N–H and O–H groups in total. The predicted molar refractivity (Wildman–Crippen MR) is 57.3 cm³/mol. The average molecular weight is 295 g/mol. The van der Waals surface area contributed by atoms with Gasteiger partial charge in [-0.25, -0.2) is 8.78 Å². The molecule has 0 aromatic heterocycles. The number of quaternary nitrogens is 1. The fourth-order valence-electron chi connectivity index (χ4n) is 1.13. The molecule has 0 bridgehead atoms. The van der Waals surface area contributed by atoms with Crippen LogP contribution in [0.3, 0.4) is 0 Å². The van der Waals surface area contributed by atoms with Crippen molar-refractivity contribution < 1.29 is 8.78 Å². The van der Waals surface area contributed by atoms with E-state index in [0.717, 1.165) is 0 Å². The quantitative estimate of drug-likeness (QED) is 0.529. The first-order valence-electron chi connectivity index (χ1n) is 3.69. The standard InChI is InChI=1S/C9H12F2N.Sn.4H/c1-12(2,3)9-7(10)5-4-6-8(9)11;;;;;/h4-6H,1-3H3;;;;;/q+1;;;;;. The van der Waals surface area contributed by atoms with Gasteiger partial charge in [0.1, 0.15) is 0 Å². The Morgan fingerprint density at radius 2 is 1.38 bits per heavy atom. The Morgan fingerprint density at radius 1 is 1.00 bits per heavy atom. The molecule has 0 heterocycles. The van der Waals surface area contributed by atoms with Gasteiger partial charge < -0.3 is 0 Å². The van der Waals surface area contributed by atoms with Crippen molar-refractivity contribution >= 4 is 29.6 Å². The van der Waals surface area contributed by atoms with E-state index in [4.69, 9.17) is 0 Å². The molecule has 0 unspecified atom stereocenters. The molecular formula is C9H16F2NSn+. The Morgan fingerprint density at radius 3 is 1.62 bits per heavy atom. The van der Waals surface area contributed by atoms with Crippen LogP contribution in [0.25, 0.3) is 0 Å². The van der Waals surface area contributed by atoms with Crippen molar-refractivity contribution in [1.82, 2.24) is 4.48 Å². The summed E-state index contributed by atoms with van der Waals surface area (Å²) in [6.07, 6.45) is 0. The van der Waals surface area contributed by atoms with Crippen LogP contribution >= 0.6 is 0 Å². The van der Waals surface area contributed by atoms with Crippen LogP contribution in [0.15, 0.2) is 18.2 Å². The Labute approximate surface area is 93.9 Å². The molecule has 0 amide bonds. The minimum atomic E-state index is -0.498. The Hall–Kier alpha value is -0.161. The topological polar surface area (TPSA) is 0 Å². The summed E-state index contributed by atoms with van der Waals surface area (Å²) >= 11 is 0. The van der Waals surface area contributed by atoms with E-state index in [-0.39, 0.29) is 34.1 Å².